The third kappa shape index (κ3) is 7.14. The fourth-order valence-electron chi connectivity index (χ4n) is 5.11. The van der Waals surface area contributed by atoms with Crippen molar-refractivity contribution >= 4 is 12.1 Å². The maximum atomic E-state index is 12.3. The van der Waals surface area contributed by atoms with Gasteiger partial charge in [0.2, 0.25) is 0 Å². The molecule has 0 unspecified atom stereocenters. The quantitative estimate of drug-likeness (QED) is 0.422. The van der Waals surface area contributed by atoms with Crippen LogP contribution in [0.25, 0.3) is 0 Å². The number of carbonyl (C=O) groups excluding carboxylic acids is 2. The molecule has 4 amide bonds. The lowest BCUT2D eigenvalue weighted by Crippen LogP contribution is -2.46. The van der Waals surface area contributed by atoms with E-state index >= 15 is 0 Å². The second-order valence-electron chi connectivity index (χ2n) is 10.1. The Bertz CT molecular complexity index is 1020. The van der Waals surface area contributed by atoms with Gasteiger partial charge in [0, 0.05) is 13.1 Å². The topological polar surface area (TPSA) is 119 Å². The molecule has 10 heteroatoms. The standard InChI is InChI=1S/C28H36N4O6/c33-27(31-15-21-17-35-23-8-1-3-10-25(23)37-21)29-13-19-6-5-7-20(12-19)14-30-28(34)32-16-22-18-36-24-9-2-4-11-26(24)38-22/h1-4,8-11,19-22H,5-7,12-18H2,(H2,29,31,33)(H2,30,32,34)/t19-,20-,21-,22+/m0/s1. The molecule has 0 aromatic heterocycles. The molecule has 2 aromatic carbocycles. The molecule has 0 bridgehead atoms. The molecule has 204 valence electrons. The maximum Gasteiger partial charge on any atom is 0.314 e. The molecule has 4 N–H and O–H groups in total. The number of rotatable bonds is 8. The van der Waals surface area contributed by atoms with Gasteiger partial charge in [-0.2, -0.15) is 0 Å². The summed E-state index contributed by atoms with van der Waals surface area (Å²) in [6.07, 6.45) is 3.74. The highest BCUT2D eigenvalue weighted by Gasteiger charge is 2.25. The first-order valence-electron chi connectivity index (χ1n) is 13.4. The van der Waals surface area contributed by atoms with E-state index in [1.54, 1.807) is 0 Å². The highest BCUT2D eigenvalue weighted by Crippen LogP contribution is 2.32. The van der Waals surface area contributed by atoms with Gasteiger partial charge in [0.25, 0.3) is 0 Å². The van der Waals surface area contributed by atoms with Crippen molar-refractivity contribution < 1.29 is 28.5 Å². The van der Waals surface area contributed by atoms with Crippen molar-refractivity contribution in [2.45, 2.75) is 37.9 Å². The van der Waals surface area contributed by atoms with Gasteiger partial charge in [-0.3, -0.25) is 0 Å². The minimum absolute atomic E-state index is 0.205. The van der Waals surface area contributed by atoms with E-state index in [1.165, 1.54) is 0 Å². The highest BCUT2D eigenvalue weighted by atomic mass is 16.6. The zero-order chi connectivity index (χ0) is 26.2. The number of urea groups is 2. The Morgan fingerprint density at radius 1 is 0.632 bits per heavy atom. The summed E-state index contributed by atoms with van der Waals surface area (Å²) >= 11 is 0. The summed E-state index contributed by atoms with van der Waals surface area (Å²) in [5.41, 5.74) is 0. The van der Waals surface area contributed by atoms with Crippen molar-refractivity contribution in [2.24, 2.45) is 11.8 Å². The Morgan fingerprint density at radius 3 is 1.53 bits per heavy atom. The summed E-state index contributed by atoms with van der Waals surface area (Å²) in [5.74, 6) is 3.63. The molecule has 10 nitrogen and oxygen atoms in total. The van der Waals surface area contributed by atoms with Crippen LogP contribution in [0.3, 0.4) is 0 Å². The average molecular weight is 525 g/mol. The average Bonchev–Trinajstić information content (AvgIpc) is 2.97. The summed E-state index contributed by atoms with van der Waals surface area (Å²) in [6.45, 7) is 2.77. The van der Waals surface area contributed by atoms with Gasteiger partial charge in [-0.1, -0.05) is 30.7 Å². The Morgan fingerprint density at radius 2 is 1.05 bits per heavy atom. The molecule has 1 aliphatic carbocycles. The van der Waals surface area contributed by atoms with Crippen LogP contribution in [0.15, 0.2) is 48.5 Å². The fraction of sp³-hybridized carbons (Fsp3) is 0.500. The molecule has 2 aromatic rings. The third-order valence-corrected chi connectivity index (χ3v) is 7.11. The normalized spacial score (nSPS) is 23.6. The molecule has 38 heavy (non-hydrogen) atoms. The number of fused-ring (bicyclic) bond motifs is 2. The van der Waals surface area contributed by atoms with Crippen LogP contribution in [0.4, 0.5) is 9.59 Å². The maximum absolute atomic E-state index is 12.3. The van der Waals surface area contributed by atoms with Crippen molar-refractivity contribution in [1.29, 1.82) is 0 Å². The van der Waals surface area contributed by atoms with Gasteiger partial charge in [-0.15, -0.1) is 0 Å². The first-order valence-corrected chi connectivity index (χ1v) is 13.4. The van der Waals surface area contributed by atoms with Crippen LogP contribution in [0, 0.1) is 11.8 Å². The third-order valence-electron chi connectivity index (χ3n) is 7.11. The molecule has 3 aliphatic rings. The Kier molecular flexibility index (Phi) is 8.57. The summed E-state index contributed by atoms with van der Waals surface area (Å²) in [6, 6.07) is 14.6. The second kappa shape index (κ2) is 12.6. The molecule has 4 atom stereocenters. The first-order chi connectivity index (χ1) is 18.6. The van der Waals surface area contributed by atoms with Gasteiger partial charge in [0.15, 0.2) is 35.2 Å². The Labute approximate surface area is 222 Å². The molecule has 2 aliphatic heterocycles. The molecular weight excluding hydrogens is 488 g/mol. The van der Waals surface area contributed by atoms with Crippen LogP contribution in [0.2, 0.25) is 0 Å². The van der Waals surface area contributed by atoms with Crippen molar-refractivity contribution in [1.82, 2.24) is 21.3 Å². The minimum atomic E-state index is -0.222. The zero-order valence-corrected chi connectivity index (χ0v) is 21.4. The lowest BCUT2D eigenvalue weighted by Gasteiger charge is -2.30. The lowest BCUT2D eigenvalue weighted by atomic mass is 9.81. The van der Waals surface area contributed by atoms with E-state index in [0.717, 1.165) is 37.2 Å². The number of ether oxygens (including phenoxy) is 4. The van der Waals surface area contributed by atoms with Gasteiger partial charge >= 0.3 is 12.1 Å². The van der Waals surface area contributed by atoms with E-state index in [2.05, 4.69) is 21.3 Å². The Hall–Kier alpha value is -3.82. The number of nitrogens with one attached hydrogen (secondary N) is 4. The molecule has 1 saturated carbocycles. The highest BCUT2D eigenvalue weighted by molar-refractivity contribution is 5.74. The predicted molar refractivity (Wildman–Crippen MR) is 141 cm³/mol. The SMILES string of the molecule is O=C(NC[C@H]1CCC[C@H](CNC(=O)NC[C@H]2COc3ccccc3O2)C1)NC[C@@H]1COc2ccccc2O1. The molecule has 5 rings (SSSR count). The van der Waals surface area contributed by atoms with Crippen LogP contribution < -0.4 is 40.2 Å². The predicted octanol–water partition coefficient (Wildman–Crippen LogP) is 3.07. The molecular formula is C28H36N4O6. The van der Waals surface area contributed by atoms with Gasteiger partial charge in [-0.25, -0.2) is 9.59 Å². The van der Waals surface area contributed by atoms with E-state index < -0.39 is 0 Å². The lowest BCUT2D eigenvalue weighted by molar-refractivity contribution is 0.0916. The molecule has 0 radical (unpaired) electrons. The van der Waals surface area contributed by atoms with Crippen molar-refractivity contribution in [3.63, 3.8) is 0 Å². The molecule has 0 spiro atoms. The summed E-state index contributed by atoms with van der Waals surface area (Å²) in [4.78, 5) is 24.7. The number of benzene rings is 2. The van der Waals surface area contributed by atoms with Crippen LogP contribution >= 0.6 is 0 Å². The van der Waals surface area contributed by atoms with Gasteiger partial charge in [-0.05, 0) is 55.4 Å². The van der Waals surface area contributed by atoms with Crippen LogP contribution in [0.5, 0.6) is 23.0 Å². The van der Waals surface area contributed by atoms with E-state index in [4.69, 9.17) is 18.9 Å². The van der Waals surface area contributed by atoms with E-state index in [9.17, 15) is 9.59 Å². The smallest absolute Gasteiger partial charge is 0.314 e. The Balaban J connectivity index is 0.944. The number of amides is 4. The largest absolute Gasteiger partial charge is 0.486 e. The zero-order valence-electron chi connectivity index (χ0n) is 21.4. The number of hydrogen-bond donors (Lipinski definition) is 4. The summed E-state index contributed by atoms with van der Waals surface area (Å²) in [5, 5.41) is 11.7. The van der Waals surface area contributed by atoms with Crippen LogP contribution in [0.1, 0.15) is 25.7 Å². The van der Waals surface area contributed by atoms with E-state index in [-0.39, 0.29) is 24.3 Å². The molecule has 0 saturated heterocycles. The van der Waals surface area contributed by atoms with Gasteiger partial charge in [0.1, 0.15) is 13.2 Å². The monoisotopic (exact) mass is 524 g/mol. The fourth-order valence-corrected chi connectivity index (χ4v) is 5.11. The summed E-state index contributed by atoms with van der Waals surface area (Å²) < 4.78 is 23.1. The van der Waals surface area contributed by atoms with Crippen LogP contribution in [-0.2, 0) is 0 Å². The minimum Gasteiger partial charge on any atom is -0.486 e. The first kappa shape index (κ1) is 25.8. The van der Waals surface area contributed by atoms with Crippen molar-refractivity contribution in [3.8, 4) is 23.0 Å². The van der Waals surface area contributed by atoms with Crippen molar-refractivity contribution in [3.05, 3.63) is 48.5 Å². The molecule has 2 heterocycles. The van der Waals surface area contributed by atoms with E-state index in [1.807, 2.05) is 48.5 Å². The van der Waals surface area contributed by atoms with Gasteiger partial charge in [0.05, 0.1) is 13.1 Å². The molecule has 1 fully saturated rings. The van der Waals surface area contributed by atoms with Gasteiger partial charge < -0.3 is 40.2 Å². The summed E-state index contributed by atoms with van der Waals surface area (Å²) in [7, 11) is 0. The number of hydrogen-bond acceptors (Lipinski definition) is 6. The number of para-hydroxylation sites is 4. The number of carbonyl (C=O) groups is 2. The second-order valence-corrected chi connectivity index (χ2v) is 10.1. The van der Waals surface area contributed by atoms with Crippen LogP contribution in [-0.4, -0.2) is 63.7 Å². The van der Waals surface area contributed by atoms with E-state index in [0.29, 0.717) is 62.7 Å². The van der Waals surface area contributed by atoms with Crippen molar-refractivity contribution in [2.75, 3.05) is 39.4 Å².